The molecular formula is C13H14F2N2O3. The van der Waals surface area contributed by atoms with E-state index in [1.165, 1.54) is 12.1 Å². The molecule has 1 aliphatic heterocycles. The molecule has 1 aromatic rings. The van der Waals surface area contributed by atoms with Crippen molar-refractivity contribution in [2.45, 2.75) is 19.4 Å². The number of carboxylic acid groups (broad SMARTS) is 1. The van der Waals surface area contributed by atoms with Crippen LogP contribution in [0.1, 0.15) is 13.3 Å². The van der Waals surface area contributed by atoms with Gasteiger partial charge in [0, 0.05) is 6.54 Å². The molecule has 5 nitrogen and oxygen atoms in total. The van der Waals surface area contributed by atoms with E-state index in [9.17, 15) is 18.4 Å². The Labute approximate surface area is 114 Å². The molecule has 1 saturated heterocycles. The van der Waals surface area contributed by atoms with Gasteiger partial charge < -0.3 is 15.3 Å². The van der Waals surface area contributed by atoms with E-state index >= 15 is 0 Å². The van der Waals surface area contributed by atoms with E-state index < -0.39 is 29.7 Å². The molecule has 1 aliphatic rings. The van der Waals surface area contributed by atoms with Crippen molar-refractivity contribution in [3.8, 4) is 0 Å². The van der Waals surface area contributed by atoms with E-state index in [1.807, 2.05) is 0 Å². The first kappa shape index (κ1) is 14.2. The normalized spacial score (nSPS) is 21.9. The fourth-order valence-corrected chi connectivity index (χ4v) is 2.34. The lowest BCUT2D eigenvalue weighted by molar-refractivity contribution is -0.142. The molecule has 2 unspecified atom stereocenters. The first-order chi connectivity index (χ1) is 9.41. The number of hydrogen-bond donors (Lipinski definition) is 2. The third kappa shape index (κ3) is 2.56. The van der Waals surface area contributed by atoms with Crippen molar-refractivity contribution in [1.29, 1.82) is 0 Å². The smallest absolute Gasteiger partial charge is 0.326 e. The molecule has 108 valence electrons. The van der Waals surface area contributed by atoms with E-state index in [0.29, 0.717) is 6.42 Å². The second-order valence-corrected chi connectivity index (χ2v) is 4.77. The van der Waals surface area contributed by atoms with E-state index in [1.54, 1.807) is 6.92 Å². The maximum Gasteiger partial charge on any atom is 0.326 e. The molecular weight excluding hydrogens is 270 g/mol. The number of nitrogens with zero attached hydrogens (tertiary/aromatic N) is 1. The maximum atomic E-state index is 13.5. The predicted molar refractivity (Wildman–Crippen MR) is 67.3 cm³/mol. The van der Waals surface area contributed by atoms with Crippen molar-refractivity contribution in [3.63, 3.8) is 0 Å². The predicted octanol–water partition coefficient (Wildman–Crippen LogP) is 2.29. The number of urea groups is 1. The van der Waals surface area contributed by atoms with Gasteiger partial charge in [0.1, 0.15) is 6.04 Å². The van der Waals surface area contributed by atoms with Crippen LogP contribution >= 0.6 is 0 Å². The van der Waals surface area contributed by atoms with Gasteiger partial charge in [-0.05, 0) is 24.5 Å². The average molecular weight is 284 g/mol. The Bertz CT molecular complexity index is 550. The zero-order valence-electron chi connectivity index (χ0n) is 10.8. The Balaban J connectivity index is 2.16. The fraction of sp³-hybridized carbons (Fsp3) is 0.385. The van der Waals surface area contributed by atoms with Crippen molar-refractivity contribution < 1.29 is 23.5 Å². The molecule has 0 bridgehead atoms. The third-order valence-electron chi connectivity index (χ3n) is 3.41. The van der Waals surface area contributed by atoms with Crippen LogP contribution in [0.2, 0.25) is 0 Å². The first-order valence-corrected chi connectivity index (χ1v) is 6.16. The molecule has 0 spiro atoms. The summed E-state index contributed by atoms with van der Waals surface area (Å²) in [5, 5.41) is 11.3. The topological polar surface area (TPSA) is 69.6 Å². The van der Waals surface area contributed by atoms with Crippen LogP contribution in [0.5, 0.6) is 0 Å². The molecule has 2 N–H and O–H groups in total. The number of benzene rings is 1. The highest BCUT2D eigenvalue weighted by molar-refractivity contribution is 5.92. The van der Waals surface area contributed by atoms with Crippen molar-refractivity contribution >= 4 is 17.7 Å². The summed E-state index contributed by atoms with van der Waals surface area (Å²) >= 11 is 0. The van der Waals surface area contributed by atoms with Crippen LogP contribution in [0, 0.1) is 17.6 Å². The molecule has 2 atom stereocenters. The lowest BCUT2D eigenvalue weighted by Gasteiger charge is -2.23. The number of likely N-dealkylation sites (tertiary alicyclic amines) is 1. The van der Waals surface area contributed by atoms with Gasteiger partial charge in [-0.3, -0.25) is 0 Å². The molecule has 0 aromatic heterocycles. The summed E-state index contributed by atoms with van der Waals surface area (Å²) in [6, 6.07) is 1.71. The average Bonchev–Trinajstić information content (AvgIpc) is 2.77. The van der Waals surface area contributed by atoms with Gasteiger partial charge in [0.15, 0.2) is 11.6 Å². The molecule has 20 heavy (non-hydrogen) atoms. The van der Waals surface area contributed by atoms with Crippen LogP contribution in [0.4, 0.5) is 19.3 Å². The number of carbonyl (C=O) groups excluding carboxylic acids is 1. The van der Waals surface area contributed by atoms with Crippen molar-refractivity contribution in [3.05, 3.63) is 29.8 Å². The number of nitrogens with one attached hydrogen (secondary N) is 1. The number of amides is 2. The highest BCUT2D eigenvalue weighted by Gasteiger charge is 2.39. The molecule has 7 heteroatoms. The Morgan fingerprint density at radius 2 is 2.10 bits per heavy atom. The van der Waals surface area contributed by atoms with Gasteiger partial charge in [-0.25, -0.2) is 18.4 Å². The first-order valence-electron chi connectivity index (χ1n) is 6.16. The minimum atomic E-state index is -1.17. The van der Waals surface area contributed by atoms with E-state index in [2.05, 4.69) is 5.32 Å². The number of hydrogen-bond acceptors (Lipinski definition) is 2. The zero-order chi connectivity index (χ0) is 14.9. The highest BCUT2D eigenvalue weighted by atomic mass is 19.2. The van der Waals surface area contributed by atoms with Gasteiger partial charge in [-0.15, -0.1) is 0 Å². The SMILES string of the molecule is CC1CCN(C(=O)Nc2cccc(F)c2F)C1C(=O)O. The van der Waals surface area contributed by atoms with Crippen LogP contribution in [0.25, 0.3) is 0 Å². The van der Waals surface area contributed by atoms with Gasteiger partial charge in [0.25, 0.3) is 0 Å². The molecule has 1 heterocycles. The number of anilines is 1. The Kier molecular flexibility index (Phi) is 3.87. The number of halogens is 2. The molecule has 2 amide bonds. The van der Waals surface area contributed by atoms with Gasteiger partial charge in [0.2, 0.25) is 0 Å². The van der Waals surface area contributed by atoms with E-state index in [4.69, 9.17) is 5.11 Å². The van der Waals surface area contributed by atoms with Crippen molar-refractivity contribution in [2.75, 3.05) is 11.9 Å². The number of carbonyl (C=O) groups is 2. The van der Waals surface area contributed by atoms with Crippen molar-refractivity contribution in [2.24, 2.45) is 5.92 Å². The lowest BCUT2D eigenvalue weighted by Crippen LogP contribution is -2.44. The second kappa shape index (κ2) is 5.44. The number of carboxylic acids is 1. The van der Waals surface area contributed by atoms with Crippen LogP contribution in [0.3, 0.4) is 0 Å². The van der Waals surface area contributed by atoms with Crippen LogP contribution in [-0.2, 0) is 4.79 Å². The monoisotopic (exact) mass is 284 g/mol. The summed E-state index contributed by atoms with van der Waals surface area (Å²) in [7, 11) is 0. The van der Waals surface area contributed by atoms with Crippen LogP contribution in [0.15, 0.2) is 18.2 Å². The van der Waals surface area contributed by atoms with Gasteiger partial charge in [0.05, 0.1) is 5.69 Å². The molecule has 0 saturated carbocycles. The lowest BCUT2D eigenvalue weighted by atomic mass is 10.0. The Morgan fingerprint density at radius 1 is 1.40 bits per heavy atom. The van der Waals surface area contributed by atoms with E-state index in [-0.39, 0.29) is 18.2 Å². The summed E-state index contributed by atoms with van der Waals surface area (Å²) in [6.07, 6.45) is 0.552. The fourth-order valence-electron chi connectivity index (χ4n) is 2.34. The Morgan fingerprint density at radius 3 is 2.75 bits per heavy atom. The summed E-state index contributed by atoms with van der Waals surface area (Å²) in [5.74, 6) is -3.53. The third-order valence-corrected chi connectivity index (χ3v) is 3.41. The highest BCUT2D eigenvalue weighted by Crippen LogP contribution is 2.25. The minimum absolute atomic E-state index is 0.185. The molecule has 0 radical (unpaired) electrons. The summed E-state index contributed by atoms with van der Waals surface area (Å²) < 4.78 is 26.5. The van der Waals surface area contributed by atoms with Crippen LogP contribution < -0.4 is 5.32 Å². The number of aliphatic carboxylic acids is 1. The standard InChI is InChI=1S/C13H14F2N2O3/c1-7-5-6-17(11(7)12(18)19)13(20)16-9-4-2-3-8(14)10(9)15/h2-4,7,11H,5-6H2,1H3,(H,16,20)(H,18,19). The maximum absolute atomic E-state index is 13.5. The molecule has 1 aromatic carbocycles. The molecule has 0 aliphatic carbocycles. The summed E-state index contributed by atoms with van der Waals surface area (Å²) in [4.78, 5) is 24.3. The van der Waals surface area contributed by atoms with Gasteiger partial charge in [-0.1, -0.05) is 13.0 Å². The summed E-state index contributed by atoms with van der Waals surface area (Å²) in [6.45, 7) is 2.00. The quantitative estimate of drug-likeness (QED) is 0.875. The molecule has 1 fully saturated rings. The van der Waals surface area contributed by atoms with Gasteiger partial charge in [-0.2, -0.15) is 0 Å². The van der Waals surface area contributed by atoms with Gasteiger partial charge >= 0.3 is 12.0 Å². The molecule has 2 rings (SSSR count). The minimum Gasteiger partial charge on any atom is -0.480 e. The van der Waals surface area contributed by atoms with Crippen LogP contribution in [-0.4, -0.2) is 34.6 Å². The Hall–Kier alpha value is -2.18. The van der Waals surface area contributed by atoms with E-state index in [0.717, 1.165) is 11.0 Å². The zero-order valence-corrected chi connectivity index (χ0v) is 10.8. The second-order valence-electron chi connectivity index (χ2n) is 4.77. The van der Waals surface area contributed by atoms with Crippen molar-refractivity contribution in [1.82, 2.24) is 4.90 Å². The largest absolute Gasteiger partial charge is 0.480 e. The number of rotatable bonds is 2. The summed E-state index contributed by atoms with van der Waals surface area (Å²) in [5.41, 5.74) is -0.307.